The molecule has 1 amide bonds. The molecule has 3 rings (SSSR count). The van der Waals surface area contributed by atoms with Crippen LogP contribution < -0.4 is 0 Å². The van der Waals surface area contributed by atoms with Crippen molar-refractivity contribution in [3.05, 3.63) is 70.8 Å². The summed E-state index contributed by atoms with van der Waals surface area (Å²) in [5, 5.41) is 0. The van der Waals surface area contributed by atoms with E-state index in [1.54, 1.807) is 4.90 Å². The molecule has 1 saturated heterocycles. The molecule has 0 N–H and O–H groups in total. The molecular formula is C18H17F2NO2. The highest BCUT2D eigenvalue weighted by molar-refractivity contribution is 5.94. The number of hydrogen-bond acceptors (Lipinski definition) is 2. The van der Waals surface area contributed by atoms with Gasteiger partial charge < -0.3 is 9.64 Å². The lowest BCUT2D eigenvalue weighted by atomic mass is 10.1. The Balaban J connectivity index is 1.76. The van der Waals surface area contributed by atoms with Crippen molar-refractivity contribution >= 4 is 5.91 Å². The summed E-state index contributed by atoms with van der Waals surface area (Å²) in [7, 11) is 0. The quantitative estimate of drug-likeness (QED) is 0.848. The van der Waals surface area contributed by atoms with E-state index in [0.717, 1.165) is 23.3 Å². The Morgan fingerprint density at radius 1 is 1.13 bits per heavy atom. The molecule has 0 aromatic heterocycles. The van der Waals surface area contributed by atoms with E-state index in [9.17, 15) is 13.6 Å². The van der Waals surface area contributed by atoms with Crippen LogP contribution in [0.2, 0.25) is 0 Å². The first-order chi connectivity index (χ1) is 11.0. The molecule has 3 nitrogen and oxygen atoms in total. The summed E-state index contributed by atoms with van der Waals surface area (Å²) in [6, 6.07) is 11.2. The zero-order chi connectivity index (χ0) is 16.4. The number of rotatable bonds is 2. The number of ether oxygens (including phenoxy) is 1. The molecule has 0 bridgehead atoms. The highest BCUT2D eigenvalue weighted by atomic mass is 19.2. The summed E-state index contributed by atoms with van der Waals surface area (Å²) in [5.41, 5.74) is 2.30. The van der Waals surface area contributed by atoms with Gasteiger partial charge in [0.05, 0.1) is 13.2 Å². The van der Waals surface area contributed by atoms with Crippen LogP contribution in [0.25, 0.3) is 0 Å². The van der Waals surface area contributed by atoms with E-state index in [-0.39, 0.29) is 17.6 Å². The van der Waals surface area contributed by atoms with Crippen LogP contribution in [0.4, 0.5) is 8.78 Å². The third-order valence-corrected chi connectivity index (χ3v) is 3.97. The number of carbonyl (C=O) groups is 1. The van der Waals surface area contributed by atoms with E-state index in [1.807, 2.05) is 31.2 Å². The van der Waals surface area contributed by atoms with Crippen LogP contribution >= 0.6 is 0 Å². The molecule has 120 valence electrons. The third kappa shape index (κ3) is 3.40. The predicted octanol–water partition coefficient (Wildman–Crippen LogP) is 3.49. The second-order valence-electron chi connectivity index (χ2n) is 5.65. The Bertz CT molecular complexity index is 715. The van der Waals surface area contributed by atoms with Crippen molar-refractivity contribution < 1.29 is 18.3 Å². The number of nitrogens with zero attached hydrogens (tertiary/aromatic N) is 1. The molecule has 1 aliphatic rings. The van der Waals surface area contributed by atoms with Crippen molar-refractivity contribution in [1.82, 2.24) is 4.90 Å². The molecule has 0 radical (unpaired) electrons. The lowest BCUT2D eigenvalue weighted by Crippen LogP contribution is -2.42. The maximum atomic E-state index is 13.3. The molecule has 1 aliphatic heterocycles. The Labute approximate surface area is 133 Å². The van der Waals surface area contributed by atoms with Gasteiger partial charge in [-0.05, 0) is 30.7 Å². The van der Waals surface area contributed by atoms with Crippen molar-refractivity contribution in [2.45, 2.75) is 13.0 Å². The first kappa shape index (κ1) is 15.6. The first-order valence-electron chi connectivity index (χ1n) is 7.47. The zero-order valence-corrected chi connectivity index (χ0v) is 12.8. The van der Waals surface area contributed by atoms with Crippen LogP contribution in [0.3, 0.4) is 0 Å². The fourth-order valence-electron chi connectivity index (χ4n) is 2.63. The van der Waals surface area contributed by atoms with Gasteiger partial charge in [-0.15, -0.1) is 0 Å². The Hall–Kier alpha value is -2.27. The minimum atomic E-state index is -1.01. The van der Waals surface area contributed by atoms with Gasteiger partial charge in [0.25, 0.3) is 5.91 Å². The SMILES string of the molecule is Cc1ccc(C2CN(C(=O)c3ccc(F)c(F)c3)CCO2)cc1. The molecule has 1 fully saturated rings. The molecule has 2 aromatic rings. The van der Waals surface area contributed by atoms with Crippen LogP contribution in [0.15, 0.2) is 42.5 Å². The van der Waals surface area contributed by atoms with Crippen molar-refractivity contribution in [2.24, 2.45) is 0 Å². The molecule has 0 spiro atoms. The average Bonchev–Trinajstić information content (AvgIpc) is 2.57. The molecule has 5 heteroatoms. The fourth-order valence-corrected chi connectivity index (χ4v) is 2.63. The van der Waals surface area contributed by atoms with Crippen molar-refractivity contribution in [1.29, 1.82) is 0 Å². The molecule has 1 unspecified atom stereocenters. The normalized spacial score (nSPS) is 18.0. The summed E-state index contributed by atoms with van der Waals surface area (Å²) in [4.78, 5) is 14.1. The molecule has 0 aliphatic carbocycles. The highest BCUT2D eigenvalue weighted by Gasteiger charge is 2.26. The van der Waals surface area contributed by atoms with E-state index in [4.69, 9.17) is 4.74 Å². The van der Waals surface area contributed by atoms with Crippen molar-refractivity contribution in [3.63, 3.8) is 0 Å². The van der Waals surface area contributed by atoms with Gasteiger partial charge in [0.15, 0.2) is 11.6 Å². The molecule has 0 saturated carbocycles. The standard InChI is InChI=1S/C18H17F2NO2/c1-12-2-4-13(5-3-12)17-11-21(8-9-23-17)18(22)14-6-7-15(19)16(20)10-14/h2-7,10,17H,8-9,11H2,1H3. The number of aryl methyl sites for hydroxylation is 1. The van der Waals surface area contributed by atoms with Gasteiger partial charge in [0, 0.05) is 12.1 Å². The van der Waals surface area contributed by atoms with E-state index in [0.29, 0.717) is 19.7 Å². The number of amides is 1. The summed E-state index contributed by atoms with van der Waals surface area (Å²) in [6.07, 6.45) is -0.210. The maximum absolute atomic E-state index is 13.3. The van der Waals surface area contributed by atoms with Crippen LogP contribution in [0.5, 0.6) is 0 Å². The van der Waals surface area contributed by atoms with E-state index < -0.39 is 11.6 Å². The number of halogens is 2. The average molecular weight is 317 g/mol. The second kappa shape index (κ2) is 6.46. The van der Waals surface area contributed by atoms with Gasteiger partial charge in [-0.2, -0.15) is 0 Å². The van der Waals surface area contributed by atoms with Crippen LogP contribution in [-0.2, 0) is 4.74 Å². The van der Waals surface area contributed by atoms with Crippen molar-refractivity contribution in [2.75, 3.05) is 19.7 Å². The summed E-state index contributed by atoms with van der Waals surface area (Å²) < 4.78 is 32.1. The van der Waals surface area contributed by atoms with E-state index in [1.165, 1.54) is 6.07 Å². The number of morpholine rings is 1. The molecule has 23 heavy (non-hydrogen) atoms. The van der Waals surface area contributed by atoms with Crippen LogP contribution in [-0.4, -0.2) is 30.5 Å². The fraction of sp³-hybridized carbons (Fsp3) is 0.278. The lowest BCUT2D eigenvalue weighted by molar-refractivity contribution is -0.0228. The van der Waals surface area contributed by atoms with E-state index in [2.05, 4.69) is 0 Å². The summed E-state index contributed by atoms with van der Waals surface area (Å²) in [5.74, 6) is -2.29. The second-order valence-corrected chi connectivity index (χ2v) is 5.65. The Morgan fingerprint density at radius 3 is 2.57 bits per heavy atom. The lowest BCUT2D eigenvalue weighted by Gasteiger charge is -2.33. The highest BCUT2D eigenvalue weighted by Crippen LogP contribution is 2.24. The molecule has 2 aromatic carbocycles. The van der Waals surface area contributed by atoms with Gasteiger partial charge in [0.1, 0.15) is 6.10 Å². The topological polar surface area (TPSA) is 29.5 Å². The number of carbonyl (C=O) groups excluding carboxylic acids is 1. The predicted molar refractivity (Wildman–Crippen MR) is 82.1 cm³/mol. The maximum Gasteiger partial charge on any atom is 0.254 e. The molecule has 1 atom stereocenters. The Kier molecular flexibility index (Phi) is 4.39. The zero-order valence-electron chi connectivity index (χ0n) is 12.8. The Morgan fingerprint density at radius 2 is 1.87 bits per heavy atom. The smallest absolute Gasteiger partial charge is 0.254 e. The van der Waals surface area contributed by atoms with Gasteiger partial charge in [-0.1, -0.05) is 29.8 Å². The minimum absolute atomic E-state index is 0.147. The number of hydrogen-bond donors (Lipinski definition) is 0. The van der Waals surface area contributed by atoms with Gasteiger partial charge in [-0.25, -0.2) is 8.78 Å². The summed E-state index contributed by atoms with van der Waals surface area (Å²) >= 11 is 0. The molecule has 1 heterocycles. The molecular weight excluding hydrogens is 300 g/mol. The minimum Gasteiger partial charge on any atom is -0.370 e. The largest absolute Gasteiger partial charge is 0.370 e. The summed E-state index contributed by atoms with van der Waals surface area (Å²) in [6.45, 7) is 3.24. The first-order valence-corrected chi connectivity index (χ1v) is 7.47. The van der Waals surface area contributed by atoms with E-state index >= 15 is 0 Å². The van der Waals surface area contributed by atoms with Crippen LogP contribution in [0.1, 0.15) is 27.6 Å². The third-order valence-electron chi connectivity index (χ3n) is 3.97. The van der Waals surface area contributed by atoms with Crippen LogP contribution in [0, 0.1) is 18.6 Å². The van der Waals surface area contributed by atoms with Gasteiger partial charge in [-0.3, -0.25) is 4.79 Å². The monoisotopic (exact) mass is 317 g/mol. The number of benzene rings is 2. The van der Waals surface area contributed by atoms with Gasteiger partial charge in [0.2, 0.25) is 0 Å². The van der Waals surface area contributed by atoms with Crippen molar-refractivity contribution in [3.8, 4) is 0 Å². The van der Waals surface area contributed by atoms with Gasteiger partial charge >= 0.3 is 0 Å².